The van der Waals surface area contributed by atoms with E-state index in [-0.39, 0.29) is 11.9 Å². The van der Waals surface area contributed by atoms with Crippen molar-refractivity contribution in [2.24, 2.45) is 0 Å². The Morgan fingerprint density at radius 1 is 1.39 bits per heavy atom. The molecule has 0 radical (unpaired) electrons. The van der Waals surface area contributed by atoms with Crippen LogP contribution >= 0.6 is 11.3 Å². The van der Waals surface area contributed by atoms with Gasteiger partial charge in [-0.25, -0.2) is 9.37 Å². The second-order valence-corrected chi connectivity index (χ2v) is 6.83. The minimum atomic E-state index is -0.536. The number of likely N-dealkylation sites (tertiary alicyclic amines) is 1. The first-order chi connectivity index (χ1) is 11.1. The van der Waals surface area contributed by atoms with Gasteiger partial charge in [0.05, 0.1) is 17.3 Å². The van der Waals surface area contributed by atoms with Crippen molar-refractivity contribution in [2.45, 2.75) is 38.5 Å². The highest BCUT2D eigenvalue weighted by Crippen LogP contribution is 2.22. The van der Waals surface area contributed by atoms with Crippen molar-refractivity contribution in [3.63, 3.8) is 0 Å². The van der Waals surface area contributed by atoms with Crippen LogP contribution in [0.5, 0.6) is 5.75 Å². The lowest BCUT2D eigenvalue weighted by atomic mass is 10.1. The highest BCUT2D eigenvalue weighted by atomic mass is 32.1. The van der Waals surface area contributed by atoms with Crippen molar-refractivity contribution in [3.8, 4) is 5.75 Å². The summed E-state index contributed by atoms with van der Waals surface area (Å²) in [5, 5.41) is 10.3. The number of aliphatic hydroxyl groups is 1. The number of aromatic nitrogens is 1. The summed E-state index contributed by atoms with van der Waals surface area (Å²) in [5.74, 6) is 0.147. The first-order valence-corrected chi connectivity index (χ1v) is 8.71. The molecule has 1 saturated heterocycles. The fourth-order valence-electron chi connectivity index (χ4n) is 2.81. The number of thiazole rings is 1. The number of ether oxygens (including phenoxy) is 1. The lowest BCUT2D eigenvalue weighted by molar-refractivity contribution is 0.0348. The summed E-state index contributed by atoms with van der Waals surface area (Å²) in [4.78, 5) is 7.87. The molecule has 23 heavy (non-hydrogen) atoms. The van der Waals surface area contributed by atoms with Crippen LogP contribution in [0.25, 0.3) is 0 Å². The Labute approximate surface area is 139 Å². The van der Waals surface area contributed by atoms with Crippen LogP contribution < -0.4 is 4.74 Å². The molecule has 2 aromatic rings. The summed E-state index contributed by atoms with van der Waals surface area (Å²) in [7, 11) is 0. The van der Waals surface area contributed by atoms with Gasteiger partial charge in [0, 0.05) is 30.6 Å². The molecule has 4 nitrogen and oxygen atoms in total. The molecule has 3 rings (SSSR count). The minimum absolute atomic E-state index is 0.302. The third-order valence-electron chi connectivity index (χ3n) is 4.20. The van der Waals surface area contributed by atoms with Gasteiger partial charge in [-0.3, -0.25) is 4.90 Å². The van der Waals surface area contributed by atoms with Gasteiger partial charge in [0.25, 0.3) is 0 Å². The summed E-state index contributed by atoms with van der Waals surface area (Å²) in [6.07, 6.45) is 0.531. The van der Waals surface area contributed by atoms with Crippen LogP contribution in [0.4, 0.5) is 4.39 Å². The maximum Gasteiger partial charge on any atom is 0.126 e. The van der Waals surface area contributed by atoms with E-state index in [9.17, 15) is 9.50 Å². The highest BCUT2D eigenvalue weighted by Gasteiger charge is 2.26. The molecule has 0 spiro atoms. The van der Waals surface area contributed by atoms with E-state index in [1.807, 2.05) is 12.4 Å². The summed E-state index contributed by atoms with van der Waals surface area (Å²) in [6.45, 7) is 4.54. The summed E-state index contributed by atoms with van der Waals surface area (Å²) in [5.41, 5.74) is 2.94. The van der Waals surface area contributed by atoms with E-state index in [0.29, 0.717) is 12.2 Å². The zero-order chi connectivity index (χ0) is 16.2. The van der Waals surface area contributed by atoms with Crippen LogP contribution in [-0.4, -0.2) is 40.3 Å². The Morgan fingerprint density at radius 3 is 2.96 bits per heavy atom. The molecule has 1 aromatic heterocycles. The van der Waals surface area contributed by atoms with Crippen LogP contribution in [0.15, 0.2) is 29.8 Å². The quantitative estimate of drug-likeness (QED) is 0.932. The molecule has 2 atom stereocenters. The Balaban J connectivity index is 1.60. The number of rotatable bonds is 4. The van der Waals surface area contributed by atoms with E-state index < -0.39 is 6.10 Å². The number of hydrogen-bond acceptors (Lipinski definition) is 5. The first-order valence-electron chi connectivity index (χ1n) is 7.83. The second kappa shape index (κ2) is 7.38. The zero-order valence-corrected chi connectivity index (χ0v) is 13.9. The lowest BCUT2D eigenvalue weighted by Crippen LogP contribution is -2.31. The maximum absolute atomic E-state index is 13.3. The third-order valence-corrected chi connectivity index (χ3v) is 5.12. The fraction of sp³-hybridized carbons (Fsp3) is 0.471. The normalized spacial score (nSPS) is 22.7. The van der Waals surface area contributed by atoms with Gasteiger partial charge in [-0.05, 0) is 31.9 Å². The van der Waals surface area contributed by atoms with Crippen molar-refractivity contribution in [3.05, 3.63) is 46.2 Å². The number of aliphatic hydroxyl groups excluding tert-OH is 1. The Kier molecular flexibility index (Phi) is 5.25. The molecule has 0 bridgehead atoms. The SMILES string of the molecule is Cc1ncsc1CN1CC[C@H](Oc2cccc(F)c2)[C@@H](O)CC1. The van der Waals surface area contributed by atoms with Gasteiger partial charge in [0.2, 0.25) is 0 Å². The van der Waals surface area contributed by atoms with Crippen LogP contribution in [0.1, 0.15) is 23.4 Å². The van der Waals surface area contributed by atoms with Crippen molar-refractivity contribution in [2.75, 3.05) is 13.1 Å². The van der Waals surface area contributed by atoms with E-state index in [4.69, 9.17) is 4.74 Å². The van der Waals surface area contributed by atoms with Gasteiger partial charge in [-0.2, -0.15) is 0 Å². The first kappa shape index (κ1) is 16.4. The minimum Gasteiger partial charge on any atom is -0.488 e. The van der Waals surface area contributed by atoms with E-state index in [1.165, 1.54) is 17.0 Å². The van der Waals surface area contributed by atoms with Gasteiger partial charge >= 0.3 is 0 Å². The molecule has 0 saturated carbocycles. The van der Waals surface area contributed by atoms with E-state index in [1.54, 1.807) is 23.5 Å². The second-order valence-electron chi connectivity index (χ2n) is 5.90. The maximum atomic E-state index is 13.3. The lowest BCUT2D eigenvalue weighted by Gasteiger charge is -2.21. The van der Waals surface area contributed by atoms with Crippen molar-refractivity contribution >= 4 is 11.3 Å². The summed E-state index contributed by atoms with van der Waals surface area (Å²) in [6, 6.07) is 6.08. The molecule has 0 aliphatic carbocycles. The molecule has 2 heterocycles. The van der Waals surface area contributed by atoms with Gasteiger partial charge in [-0.15, -0.1) is 11.3 Å². The Morgan fingerprint density at radius 2 is 2.22 bits per heavy atom. The highest BCUT2D eigenvalue weighted by molar-refractivity contribution is 7.09. The predicted molar refractivity (Wildman–Crippen MR) is 88.2 cm³/mol. The molecule has 1 aliphatic rings. The Hall–Kier alpha value is -1.50. The monoisotopic (exact) mass is 336 g/mol. The molecular weight excluding hydrogens is 315 g/mol. The van der Waals surface area contributed by atoms with Gasteiger partial charge in [-0.1, -0.05) is 6.07 Å². The fourth-order valence-corrected chi connectivity index (χ4v) is 3.62. The van der Waals surface area contributed by atoms with Crippen molar-refractivity contribution < 1.29 is 14.2 Å². The summed E-state index contributed by atoms with van der Waals surface area (Å²) < 4.78 is 19.1. The predicted octanol–water partition coefficient (Wildman–Crippen LogP) is 2.99. The van der Waals surface area contributed by atoms with Crippen molar-refractivity contribution in [1.82, 2.24) is 9.88 Å². The molecular formula is C17H21FN2O2S. The largest absolute Gasteiger partial charge is 0.488 e. The van der Waals surface area contributed by atoms with E-state index in [2.05, 4.69) is 9.88 Å². The molecule has 1 fully saturated rings. The van der Waals surface area contributed by atoms with Crippen LogP contribution in [0.2, 0.25) is 0 Å². The van der Waals surface area contributed by atoms with Crippen molar-refractivity contribution in [1.29, 1.82) is 0 Å². The number of benzene rings is 1. The van der Waals surface area contributed by atoms with Gasteiger partial charge in [0.15, 0.2) is 0 Å². The topological polar surface area (TPSA) is 45.6 Å². The molecule has 0 amide bonds. The number of aryl methyl sites for hydroxylation is 1. The van der Waals surface area contributed by atoms with Gasteiger partial charge in [0.1, 0.15) is 17.7 Å². The smallest absolute Gasteiger partial charge is 0.126 e. The molecule has 6 heteroatoms. The molecule has 124 valence electrons. The molecule has 1 N–H and O–H groups in total. The van der Waals surface area contributed by atoms with E-state index in [0.717, 1.165) is 31.7 Å². The van der Waals surface area contributed by atoms with Crippen LogP contribution in [-0.2, 0) is 6.54 Å². The van der Waals surface area contributed by atoms with Crippen LogP contribution in [0.3, 0.4) is 0 Å². The average molecular weight is 336 g/mol. The zero-order valence-electron chi connectivity index (χ0n) is 13.1. The molecule has 1 aliphatic heterocycles. The standard InChI is InChI=1S/C17H21FN2O2S/c1-12-17(23-11-19-12)10-20-7-5-15(21)16(6-8-20)22-14-4-2-3-13(18)9-14/h2-4,9,11,15-16,21H,5-8,10H2,1H3/t15-,16-/m0/s1. The number of nitrogens with zero attached hydrogens (tertiary/aromatic N) is 2. The summed E-state index contributed by atoms with van der Waals surface area (Å²) >= 11 is 1.67. The van der Waals surface area contributed by atoms with Crippen LogP contribution in [0, 0.1) is 12.7 Å². The Bertz CT molecular complexity index is 649. The average Bonchev–Trinajstić information content (AvgIpc) is 2.84. The van der Waals surface area contributed by atoms with Gasteiger partial charge < -0.3 is 9.84 Å². The number of hydrogen-bond donors (Lipinski definition) is 1. The van der Waals surface area contributed by atoms with E-state index >= 15 is 0 Å². The number of halogens is 1. The third kappa shape index (κ3) is 4.28. The molecule has 0 unspecified atom stereocenters. The molecule has 1 aromatic carbocycles.